The zero-order valence-corrected chi connectivity index (χ0v) is 18.9. The Kier molecular flexibility index (Phi) is 5.25. The van der Waals surface area contributed by atoms with Gasteiger partial charge in [0.05, 0.1) is 11.4 Å². The number of amides is 1. The van der Waals surface area contributed by atoms with E-state index in [1.165, 1.54) is 22.1 Å². The lowest BCUT2D eigenvalue weighted by Gasteiger charge is -2.40. The van der Waals surface area contributed by atoms with Crippen LogP contribution in [0.1, 0.15) is 55.5 Å². The molecule has 1 amide bonds. The molecule has 0 spiro atoms. The Labute approximate surface area is 184 Å². The van der Waals surface area contributed by atoms with Gasteiger partial charge in [-0.25, -0.2) is 0 Å². The van der Waals surface area contributed by atoms with Crippen molar-refractivity contribution in [3.63, 3.8) is 0 Å². The Morgan fingerprint density at radius 2 is 1.87 bits per heavy atom. The predicted octanol–water partition coefficient (Wildman–Crippen LogP) is 4.21. The predicted molar refractivity (Wildman–Crippen MR) is 124 cm³/mol. The number of hydrogen-bond acceptors (Lipinski definition) is 3. The molecule has 0 N–H and O–H groups in total. The molecule has 0 radical (unpaired) electrons. The maximum Gasteiger partial charge on any atom is 0.234 e. The van der Waals surface area contributed by atoms with Crippen LogP contribution in [0, 0.1) is 11.8 Å². The van der Waals surface area contributed by atoms with E-state index >= 15 is 0 Å². The number of hydrogen-bond donors (Lipinski definition) is 0. The molecular formula is C26H33N3O2. The van der Waals surface area contributed by atoms with Gasteiger partial charge in [0, 0.05) is 43.2 Å². The van der Waals surface area contributed by atoms with Gasteiger partial charge >= 0.3 is 0 Å². The number of carbonyl (C=O) groups is 2. The van der Waals surface area contributed by atoms with Gasteiger partial charge in [0.15, 0.2) is 0 Å². The summed E-state index contributed by atoms with van der Waals surface area (Å²) in [5.41, 5.74) is 4.75. The Bertz CT molecular complexity index is 1060. The van der Waals surface area contributed by atoms with Gasteiger partial charge in [0.25, 0.3) is 0 Å². The van der Waals surface area contributed by atoms with Gasteiger partial charge in [-0.3, -0.25) is 19.1 Å². The molecule has 1 aliphatic heterocycles. The molecule has 5 nitrogen and oxygen atoms in total. The number of benzene rings is 1. The highest BCUT2D eigenvalue weighted by Crippen LogP contribution is 2.42. The molecule has 2 aliphatic carbocycles. The molecule has 5 heteroatoms. The average molecular weight is 420 g/mol. The molecular weight excluding hydrogens is 386 g/mol. The summed E-state index contributed by atoms with van der Waals surface area (Å²) in [6.07, 6.45) is 9.57. The lowest BCUT2D eigenvalue weighted by atomic mass is 9.79. The number of rotatable bonds is 4. The molecule has 0 unspecified atom stereocenters. The average Bonchev–Trinajstić information content (AvgIpc) is 3.44. The first-order chi connectivity index (χ1) is 15.0. The Morgan fingerprint density at radius 1 is 1.13 bits per heavy atom. The first-order valence-corrected chi connectivity index (χ1v) is 11.9. The second kappa shape index (κ2) is 7.94. The highest BCUT2D eigenvalue weighted by atomic mass is 16.2. The van der Waals surface area contributed by atoms with Crippen LogP contribution in [-0.2, 0) is 11.2 Å². The van der Waals surface area contributed by atoms with Gasteiger partial charge in [-0.2, -0.15) is 0 Å². The van der Waals surface area contributed by atoms with Crippen molar-refractivity contribution in [1.82, 2.24) is 14.4 Å². The standard InChI is InChI=1S/C26H33N3O2/c1-4-28(5-2)25(30)19-13-21-20-11-8-12-22-24(20)18(14-23(21)27(3)15-19)16-29(22)26(31)17-9-6-7-10-17/h8,11-13,16-17,19,23H,4-7,9-10,14-15H2,1-3H3/t19-,23-/m1/s1. The number of aromatic nitrogens is 1. The van der Waals surface area contributed by atoms with Gasteiger partial charge < -0.3 is 4.90 Å². The molecule has 1 aromatic carbocycles. The third kappa shape index (κ3) is 3.25. The van der Waals surface area contributed by atoms with Gasteiger partial charge in [0.2, 0.25) is 11.8 Å². The van der Waals surface area contributed by atoms with Crippen LogP contribution in [0.15, 0.2) is 30.5 Å². The smallest absolute Gasteiger partial charge is 0.234 e. The van der Waals surface area contributed by atoms with Crippen LogP contribution < -0.4 is 0 Å². The summed E-state index contributed by atoms with van der Waals surface area (Å²) < 4.78 is 1.93. The largest absolute Gasteiger partial charge is 0.343 e. The lowest BCUT2D eigenvalue weighted by Crippen LogP contribution is -2.47. The fourth-order valence-electron chi connectivity index (χ4n) is 6.03. The first-order valence-electron chi connectivity index (χ1n) is 11.9. The summed E-state index contributed by atoms with van der Waals surface area (Å²) in [6.45, 7) is 6.32. The lowest BCUT2D eigenvalue weighted by molar-refractivity contribution is -0.134. The SMILES string of the molecule is CCN(CC)C(=O)[C@@H]1C=C2c3cccc4c3c(cn4C(=O)C3CCCC3)C[C@H]2N(C)C1. The highest BCUT2D eigenvalue weighted by Gasteiger charge is 2.37. The second-order valence-electron chi connectivity index (χ2n) is 9.44. The van der Waals surface area contributed by atoms with Gasteiger partial charge in [-0.05, 0) is 62.9 Å². The van der Waals surface area contributed by atoms with Crippen molar-refractivity contribution in [2.75, 3.05) is 26.7 Å². The molecule has 2 aromatic rings. The van der Waals surface area contributed by atoms with E-state index in [1.807, 2.05) is 23.3 Å². The third-order valence-electron chi connectivity index (χ3n) is 7.72. The molecule has 1 aromatic heterocycles. The monoisotopic (exact) mass is 419 g/mol. The summed E-state index contributed by atoms with van der Waals surface area (Å²) in [5, 5.41) is 1.21. The number of fused-ring (bicyclic) bond motifs is 2. The minimum Gasteiger partial charge on any atom is -0.343 e. The summed E-state index contributed by atoms with van der Waals surface area (Å²) in [7, 11) is 2.13. The van der Waals surface area contributed by atoms with Crippen LogP contribution in [0.5, 0.6) is 0 Å². The van der Waals surface area contributed by atoms with Crippen molar-refractivity contribution in [1.29, 1.82) is 0 Å². The Hall–Kier alpha value is -2.40. The Balaban J connectivity index is 1.58. The summed E-state index contributed by atoms with van der Waals surface area (Å²) >= 11 is 0. The van der Waals surface area contributed by atoms with E-state index in [0.717, 1.165) is 57.3 Å². The Morgan fingerprint density at radius 3 is 2.58 bits per heavy atom. The summed E-state index contributed by atoms with van der Waals surface area (Å²) in [5.74, 6) is 0.519. The summed E-state index contributed by atoms with van der Waals surface area (Å²) in [6, 6.07) is 6.59. The molecule has 164 valence electrons. The fourth-order valence-corrected chi connectivity index (χ4v) is 6.03. The van der Waals surface area contributed by atoms with Crippen molar-refractivity contribution in [2.24, 2.45) is 11.8 Å². The van der Waals surface area contributed by atoms with Crippen molar-refractivity contribution < 1.29 is 9.59 Å². The van der Waals surface area contributed by atoms with Crippen LogP contribution in [0.25, 0.3) is 16.5 Å². The molecule has 0 saturated heterocycles. The molecule has 0 bridgehead atoms. The second-order valence-corrected chi connectivity index (χ2v) is 9.44. The van der Waals surface area contributed by atoms with Crippen LogP contribution >= 0.6 is 0 Å². The highest BCUT2D eigenvalue weighted by molar-refractivity contribution is 6.03. The van der Waals surface area contributed by atoms with E-state index in [1.54, 1.807) is 0 Å². The number of nitrogens with zero attached hydrogens (tertiary/aromatic N) is 3. The zero-order chi connectivity index (χ0) is 21.7. The molecule has 2 atom stereocenters. The van der Waals surface area contributed by atoms with Crippen molar-refractivity contribution in [3.8, 4) is 0 Å². The zero-order valence-electron chi connectivity index (χ0n) is 18.9. The molecule has 5 rings (SSSR count). The number of likely N-dealkylation sites (N-methyl/N-ethyl adjacent to an activating group) is 1. The van der Waals surface area contributed by atoms with Crippen LogP contribution in [-0.4, -0.2) is 58.9 Å². The normalized spacial score (nSPS) is 23.6. The topological polar surface area (TPSA) is 45.6 Å². The van der Waals surface area contributed by atoms with Gasteiger partial charge in [0.1, 0.15) is 0 Å². The van der Waals surface area contributed by atoms with E-state index in [4.69, 9.17) is 0 Å². The third-order valence-corrected chi connectivity index (χ3v) is 7.72. The van der Waals surface area contributed by atoms with Crippen molar-refractivity contribution >= 4 is 28.3 Å². The maximum absolute atomic E-state index is 13.3. The van der Waals surface area contributed by atoms with Crippen LogP contribution in [0.3, 0.4) is 0 Å². The van der Waals surface area contributed by atoms with E-state index in [2.05, 4.69) is 42.4 Å². The van der Waals surface area contributed by atoms with Crippen LogP contribution in [0.2, 0.25) is 0 Å². The van der Waals surface area contributed by atoms with Crippen molar-refractivity contribution in [2.45, 2.75) is 52.0 Å². The minimum atomic E-state index is -0.116. The molecule has 3 aliphatic rings. The number of carbonyl (C=O) groups excluding carboxylic acids is 2. The molecule has 1 fully saturated rings. The molecule has 1 saturated carbocycles. The van der Waals surface area contributed by atoms with E-state index in [9.17, 15) is 9.59 Å². The van der Waals surface area contributed by atoms with Gasteiger partial charge in [-0.1, -0.05) is 31.1 Å². The summed E-state index contributed by atoms with van der Waals surface area (Å²) in [4.78, 5) is 30.7. The quantitative estimate of drug-likeness (QED) is 0.746. The minimum absolute atomic E-state index is 0.116. The first kappa shape index (κ1) is 20.5. The molecule has 2 heterocycles. The van der Waals surface area contributed by atoms with E-state index < -0.39 is 0 Å². The van der Waals surface area contributed by atoms with Crippen LogP contribution in [0.4, 0.5) is 0 Å². The maximum atomic E-state index is 13.3. The van der Waals surface area contributed by atoms with Crippen molar-refractivity contribution in [3.05, 3.63) is 41.6 Å². The van der Waals surface area contributed by atoms with E-state index in [0.29, 0.717) is 0 Å². The van der Waals surface area contributed by atoms with E-state index in [-0.39, 0.29) is 29.7 Å². The molecule has 31 heavy (non-hydrogen) atoms. The van der Waals surface area contributed by atoms with Gasteiger partial charge in [-0.15, -0.1) is 0 Å². The fraction of sp³-hybridized carbons (Fsp3) is 0.538.